The average molecular weight is 393 g/mol. The van der Waals surface area contributed by atoms with Crippen molar-refractivity contribution in [2.75, 3.05) is 11.1 Å². The average Bonchev–Trinajstić information content (AvgIpc) is 3.02. The van der Waals surface area contributed by atoms with E-state index in [4.69, 9.17) is 23.2 Å². The second kappa shape index (κ2) is 7.91. The molecule has 0 atom stereocenters. The van der Waals surface area contributed by atoms with Crippen LogP contribution in [0.25, 0.3) is 11.4 Å². The lowest BCUT2D eigenvalue weighted by molar-refractivity contribution is -0.113. The molecule has 0 bridgehead atoms. The molecule has 2 N–H and O–H groups in total. The van der Waals surface area contributed by atoms with Crippen LogP contribution in [-0.4, -0.2) is 26.8 Å². The van der Waals surface area contributed by atoms with Crippen molar-refractivity contribution in [3.63, 3.8) is 0 Å². The number of nitrogens with zero attached hydrogens (tertiary/aromatic N) is 2. The Balaban J connectivity index is 1.64. The molecule has 1 aromatic heterocycles. The highest BCUT2D eigenvalue weighted by molar-refractivity contribution is 8.00. The molecule has 5 nitrogen and oxygen atoms in total. The van der Waals surface area contributed by atoms with E-state index in [1.807, 2.05) is 31.2 Å². The molecule has 0 aliphatic heterocycles. The molecule has 0 fully saturated rings. The van der Waals surface area contributed by atoms with E-state index in [-0.39, 0.29) is 11.7 Å². The van der Waals surface area contributed by atoms with Gasteiger partial charge in [0.1, 0.15) is 5.82 Å². The Morgan fingerprint density at radius 2 is 2.08 bits per heavy atom. The van der Waals surface area contributed by atoms with Crippen molar-refractivity contribution in [3.05, 3.63) is 58.3 Å². The third-order valence-corrected chi connectivity index (χ3v) is 4.99. The van der Waals surface area contributed by atoms with Crippen molar-refractivity contribution >= 4 is 46.6 Å². The lowest BCUT2D eigenvalue weighted by atomic mass is 10.2. The quantitative estimate of drug-likeness (QED) is 0.610. The predicted molar refractivity (Wildman–Crippen MR) is 102 cm³/mol. The highest BCUT2D eigenvalue weighted by Gasteiger charge is 2.09. The fourth-order valence-corrected chi connectivity index (χ4v) is 3.43. The van der Waals surface area contributed by atoms with Crippen LogP contribution in [0.4, 0.5) is 5.69 Å². The maximum Gasteiger partial charge on any atom is 0.234 e. The zero-order valence-corrected chi connectivity index (χ0v) is 15.5. The molecule has 2 aromatic carbocycles. The molecule has 0 aliphatic rings. The summed E-state index contributed by atoms with van der Waals surface area (Å²) in [4.78, 5) is 17.2. The minimum absolute atomic E-state index is 0.135. The number of rotatable bonds is 5. The third-order valence-electron chi connectivity index (χ3n) is 3.25. The van der Waals surface area contributed by atoms with E-state index >= 15 is 0 Å². The number of carbonyl (C=O) groups is 1. The van der Waals surface area contributed by atoms with Gasteiger partial charge in [0.05, 0.1) is 10.8 Å². The summed E-state index contributed by atoms with van der Waals surface area (Å²) in [5.74, 6) is 1.42. The van der Waals surface area contributed by atoms with Gasteiger partial charge in [-0.1, -0.05) is 35.3 Å². The summed E-state index contributed by atoms with van der Waals surface area (Å²) in [6, 6.07) is 12.6. The number of aryl methyl sites for hydroxylation is 1. The second-order valence-electron chi connectivity index (χ2n) is 5.24. The number of benzene rings is 2. The van der Waals surface area contributed by atoms with Crippen molar-refractivity contribution in [3.8, 4) is 11.4 Å². The number of amides is 1. The first-order valence-electron chi connectivity index (χ1n) is 7.38. The van der Waals surface area contributed by atoms with E-state index in [1.165, 1.54) is 11.8 Å². The molecule has 1 amide bonds. The monoisotopic (exact) mass is 392 g/mol. The highest BCUT2D eigenvalue weighted by atomic mass is 35.5. The molecular weight excluding hydrogens is 379 g/mol. The number of nitrogens with one attached hydrogen (secondary N) is 2. The molecule has 0 saturated carbocycles. The number of aromatic amines is 1. The lowest BCUT2D eigenvalue weighted by Crippen LogP contribution is -2.14. The van der Waals surface area contributed by atoms with Crippen molar-refractivity contribution in [1.29, 1.82) is 0 Å². The van der Waals surface area contributed by atoms with Crippen LogP contribution < -0.4 is 5.32 Å². The van der Waals surface area contributed by atoms with Crippen LogP contribution in [0.5, 0.6) is 0 Å². The van der Waals surface area contributed by atoms with E-state index < -0.39 is 0 Å². The molecule has 128 valence electrons. The van der Waals surface area contributed by atoms with Crippen LogP contribution in [0.1, 0.15) is 5.82 Å². The van der Waals surface area contributed by atoms with Crippen LogP contribution in [0.3, 0.4) is 0 Å². The molecule has 0 saturated heterocycles. The Hall–Kier alpha value is -2.02. The molecule has 3 aromatic rings. The van der Waals surface area contributed by atoms with Crippen molar-refractivity contribution in [2.24, 2.45) is 0 Å². The molecule has 0 unspecified atom stereocenters. The Bertz CT molecular complexity index is 913. The van der Waals surface area contributed by atoms with E-state index in [9.17, 15) is 4.79 Å². The Labute approximate surface area is 159 Å². The number of H-pyrrole nitrogens is 1. The number of hydrogen-bond donors (Lipinski definition) is 2. The Morgan fingerprint density at radius 3 is 2.84 bits per heavy atom. The van der Waals surface area contributed by atoms with Crippen LogP contribution in [-0.2, 0) is 4.79 Å². The van der Waals surface area contributed by atoms with Crippen molar-refractivity contribution < 1.29 is 4.79 Å². The van der Waals surface area contributed by atoms with Gasteiger partial charge in [0, 0.05) is 21.2 Å². The molecule has 25 heavy (non-hydrogen) atoms. The Kier molecular flexibility index (Phi) is 5.63. The first-order valence-corrected chi connectivity index (χ1v) is 9.12. The SMILES string of the molecule is Cc1nc(-c2cccc(NC(=O)CSc3cc(Cl)ccc3Cl)c2)n[nH]1. The molecule has 0 radical (unpaired) electrons. The molecule has 0 aliphatic carbocycles. The zero-order valence-electron chi connectivity index (χ0n) is 13.2. The van der Waals surface area contributed by atoms with Crippen molar-refractivity contribution in [1.82, 2.24) is 15.2 Å². The van der Waals surface area contributed by atoms with Gasteiger partial charge in [-0.15, -0.1) is 11.8 Å². The van der Waals surface area contributed by atoms with E-state index in [2.05, 4.69) is 20.5 Å². The summed E-state index contributed by atoms with van der Waals surface area (Å²) >= 11 is 13.4. The maximum atomic E-state index is 12.2. The van der Waals surface area contributed by atoms with Gasteiger partial charge in [-0.3, -0.25) is 9.89 Å². The second-order valence-corrected chi connectivity index (χ2v) is 7.10. The normalized spacial score (nSPS) is 10.7. The van der Waals surface area contributed by atoms with Gasteiger partial charge in [0.2, 0.25) is 5.91 Å². The summed E-state index contributed by atoms with van der Waals surface area (Å²) in [7, 11) is 0. The van der Waals surface area contributed by atoms with Crippen LogP contribution in [0.2, 0.25) is 10.0 Å². The number of thioether (sulfide) groups is 1. The van der Waals surface area contributed by atoms with Gasteiger partial charge in [-0.2, -0.15) is 5.10 Å². The number of carbonyl (C=O) groups excluding carboxylic acids is 1. The summed E-state index contributed by atoms with van der Waals surface area (Å²) < 4.78 is 0. The van der Waals surface area contributed by atoms with E-state index in [0.29, 0.717) is 21.6 Å². The van der Waals surface area contributed by atoms with Gasteiger partial charge in [0.15, 0.2) is 5.82 Å². The van der Waals surface area contributed by atoms with Gasteiger partial charge in [-0.05, 0) is 37.3 Å². The van der Waals surface area contributed by atoms with Crippen LogP contribution in [0.15, 0.2) is 47.4 Å². The van der Waals surface area contributed by atoms with Gasteiger partial charge < -0.3 is 5.32 Å². The minimum atomic E-state index is -0.135. The number of halogens is 2. The highest BCUT2D eigenvalue weighted by Crippen LogP contribution is 2.30. The van der Waals surface area contributed by atoms with Crippen molar-refractivity contribution in [2.45, 2.75) is 11.8 Å². The summed E-state index contributed by atoms with van der Waals surface area (Å²) in [6.45, 7) is 1.83. The molecular formula is C17H14Cl2N4OS. The summed E-state index contributed by atoms with van der Waals surface area (Å²) in [5.41, 5.74) is 1.51. The number of anilines is 1. The van der Waals surface area contributed by atoms with Crippen LogP contribution >= 0.6 is 35.0 Å². The Morgan fingerprint density at radius 1 is 1.24 bits per heavy atom. The third kappa shape index (κ3) is 4.75. The van der Waals surface area contributed by atoms with Gasteiger partial charge in [0.25, 0.3) is 0 Å². The molecule has 0 spiro atoms. The lowest BCUT2D eigenvalue weighted by Gasteiger charge is -2.07. The standard InChI is InChI=1S/C17H14Cl2N4OS/c1-10-20-17(23-22-10)11-3-2-4-13(7-11)21-16(24)9-25-15-8-12(18)5-6-14(15)19/h2-8H,9H2,1H3,(H,21,24)(H,20,22,23). The largest absolute Gasteiger partial charge is 0.325 e. The smallest absolute Gasteiger partial charge is 0.234 e. The van der Waals surface area contributed by atoms with Crippen LogP contribution in [0, 0.1) is 6.92 Å². The first-order chi connectivity index (χ1) is 12.0. The van der Waals surface area contributed by atoms with E-state index in [1.54, 1.807) is 18.2 Å². The van der Waals surface area contributed by atoms with E-state index in [0.717, 1.165) is 16.3 Å². The zero-order chi connectivity index (χ0) is 17.8. The molecule has 3 rings (SSSR count). The fourth-order valence-electron chi connectivity index (χ4n) is 2.14. The number of hydrogen-bond acceptors (Lipinski definition) is 4. The van der Waals surface area contributed by atoms with Gasteiger partial charge in [-0.25, -0.2) is 4.98 Å². The molecule has 8 heteroatoms. The maximum absolute atomic E-state index is 12.2. The molecule has 1 heterocycles. The fraction of sp³-hybridized carbons (Fsp3) is 0.118. The predicted octanol–water partition coefficient (Wildman–Crippen LogP) is 4.82. The first kappa shape index (κ1) is 17.8. The number of aromatic nitrogens is 3. The minimum Gasteiger partial charge on any atom is -0.325 e. The summed E-state index contributed by atoms with van der Waals surface area (Å²) in [6.07, 6.45) is 0. The van der Waals surface area contributed by atoms with Gasteiger partial charge >= 0.3 is 0 Å². The topological polar surface area (TPSA) is 70.7 Å². The summed E-state index contributed by atoms with van der Waals surface area (Å²) in [5, 5.41) is 10.9.